The minimum absolute atomic E-state index is 0.298. The summed E-state index contributed by atoms with van der Waals surface area (Å²) < 4.78 is 66.7. The molecule has 0 aliphatic heterocycles. The molecule has 15 heterocycles. The topological polar surface area (TPSA) is 150 Å². The molecule has 0 radical (unpaired) electrons. The Morgan fingerprint density at radius 2 is 0.662 bits per heavy atom. The fraction of sp³-hybridized carbons (Fsp3) is 0.140. The molecule has 0 unspecified atom stereocenters. The first-order chi connectivity index (χ1) is 64.5. The average Bonchev–Trinajstić information content (AvgIpc) is 1.55. The third-order valence-corrected chi connectivity index (χ3v) is 26.7. The Bertz CT molecular complexity index is 9090. The van der Waals surface area contributed by atoms with Gasteiger partial charge < -0.3 is 22.1 Å². The number of hydrogen-bond donors (Lipinski definition) is 0. The lowest BCUT2D eigenvalue weighted by Gasteiger charge is -2.08. The van der Waals surface area contributed by atoms with Gasteiger partial charge >= 0.3 is 0 Å². The minimum atomic E-state index is -2.27. The lowest BCUT2D eigenvalue weighted by molar-refractivity contribution is -0.660. The van der Waals surface area contributed by atoms with Crippen molar-refractivity contribution in [3.8, 4) is 55.6 Å². The van der Waals surface area contributed by atoms with E-state index in [1.807, 2.05) is 124 Å². The Kier molecular flexibility index (Phi) is 19.6. The molecule has 25 aromatic rings. The second-order valence-electron chi connectivity index (χ2n) is 34.1. The smallest absolute Gasteiger partial charge is 0.272 e. The molecule has 130 heavy (non-hydrogen) atoms. The highest BCUT2D eigenvalue weighted by Crippen LogP contribution is 2.47. The second-order valence-corrected chi connectivity index (χ2v) is 35.0. The molecule has 15 nitrogen and oxygen atoms in total. The lowest BCUT2D eigenvalue weighted by Crippen LogP contribution is -2.30. The molecule has 0 spiro atoms. The van der Waals surface area contributed by atoms with Gasteiger partial charge in [0, 0.05) is 136 Å². The van der Waals surface area contributed by atoms with E-state index in [1.165, 1.54) is 71.0 Å². The zero-order valence-electron chi connectivity index (χ0n) is 77.8. The zero-order valence-corrected chi connectivity index (χ0v) is 75.7. The predicted molar refractivity (Wildman–Crippen MR) is 528 cm³/mol. The summed E-state index contributed by atoms with van der Waals surface area (Å²) in [5, 5.41) is 24.8. The van der Waals surface area contributed by atoms with Crippen LogP contribution in [0, 0.1) is 62.2 Å². The van der Waals surface area contributed by atoms with E-state index in [0.717, 1.165) is 166 Å². The first-order valence-corrected chi connectivity index (χ1v) is 44.7. The monoisotopic (exact) mass is 1720 g/mol. The van der Waals surface area contributed by atoms with Crippen LogP contribution in [0.5, 0.6) is 0 Å². The maximum absolute atomic E-state index is 8.20. The summed E-state index contributed by atoms with van der Waals surface area (Å²) in [7, 11) is 10.3. The standard InChI is InChI=1S/2C24H21N2O.2C23H19N2O.C20H15N2OS/c1-14-13-15(2)21-22-18-10-6-5-9-17(18)16(3)25-24(22)27-23(21)20(14)19-11-7-8-12-26(19)4;1-4-16-11-12-26(3)20(13-16)21-15(2)9-10-19-22-18-8-6-5-7-17(18)14-25-24(22)27-23(19)21;1-14-11-12-18-21-17-9-5-4-8-16(17)15(2)24-23(21)26-22(18)20(14)19-10-6-7-13-25(19)3;1-14-10-11-25(3)19(12-14)20-15(2)8-9-18-21-17-7-5-4-6-16(17)13-24-23(21)26-22(18)20;1-12-7-8-15-17-14-6-4-3-5-13(14)11-21-19(17)23-18(15)16(12)20-22(2)9-10-24-20/h5-13H,1-4H3;5-14H,4H2,1-3H3;2*4-13H,1-3H3;3-11H,1-2H3/q5*+1/i2D3;;;;. The molecular weight excluding hydrogens is 1620 g/mol. The first kappa shape index (κ1) is 78.0. The number of thiazole rings is 1. The van der Waals surface area contributed by atoms with Gasteiger partial charge in [0.2, 0.25) is 51.3 Å². The third-order valence-electron chi connectivity index (χ3n) is 25.8. The van der Waals surface area contributed by atoms with Crippen LogP contribution < -0.4 is 22.8 Å². The Morgan fingerprint density at radius 3 is 1.12 bits per heavy atom. The van der Waals surface area contributed by atoms with Crippen LogP contribution in [0.15, 0.2) is 314 Å². The van der Waals surface area contributed by atoms with E-state index in [1.54, 1.807) is 17.4 Å². The number of pyridine rings is 9. The third kappa shape index (κ3) is 13.8. The van der Waals surface area contributed by atoms with Gasteiger partial charge in [-0.2, -0.15) is 4.57 Å². The highest BCUT2D eigenvalue weighted by molar-refractivity contribution is 7.12. The van der Waals surface area contributed by atoms with Gasteiger partial charge in [-0.05, 0) is 152 Å². The molecule has 0 atom stereocenters. The van der Waals surface area contributed by atoms with E-state index in [-0.39, 0.29) is 0 Å². The van der Waals surface area contributed by atoms with E-state index in [4.69, 9.17) is 36.2 Å². The maximum Gasteiger partial charge on any atom is 0.272 e. The van der Waals surface area contributed by atoms with Crippen molar-refractivity contribution >= 4 is 176 Å². The van der Waals surface area contributed by atoms with Gasteiger partial charge in [0.15, 0.2) is 58.9 Å². The number of nitrogens with zero attached hydrogens (tertiary/aromatic N) is 10. The number of benzene rings is 10. The number of hydrogen-bond acceptors (Lipinski definition) is 11. The molecule has 0 saturated heterocycles. The molecule has 16 heteroatoms. The molecule has 0 fully saturated rings. The Hall–Kier alpha value is -15.5. The van der Waals surface area contributed by atoms with E-state index >= 15 is 0 Å². The molecule has 0 aliphatic rings. The SMILES string of the molecule is CCc1cc[n+](C)c(-c2c(C)ccc3c2oc2ncc4ccccc4c23)c1.Cc1cc[n+](C)c(-c2c(C)ccc3c2oc2ncc4ccccc4c23)c1.Cc1ccc2c(oc3nc(C)c4ccccc4c32)c1-c1cccc[n+]1C.Cc1ccc2c(oc3ncc4ccccc4c32)c1-c1scc[n+]1C.[2H]C([2H])([2H])c1cc(C)c(-c2cccc[n+]2C)c2oc3nc(C)c4ccccc4c3c12. The van der Waals surface area contributed by atoms with Crippen molar-refractivity contribution in [2.24, 2.45) is 35.2 Å². The van der Waals surface area contributed by atoms with Gasteiger partial charge in [-0.15, -0.1) is 0 Å². The maximum atomic E-state index is 8.20. The number of aryl methyl sites for hydroxylation is 15. The second kappa shape index (κ2) is 32.7. The van der Waals surface area contributed by atoms with Gasteiger partial charge in [0.1, 0.15) is 40.8 Å². The summed E-state index contributed by atoms with van der Waals surface area (Å²) in [5.41, 5.74) is 27.7. The summed E-state index contributed by atoms with van der Waals surface area (Å²) in [5.74, 6) is 0. The number of rotatable bonds is 6. The average molecular weight is 1720 g/mol. The van der Waals surface area contributed by atoms with Crippen molar-refractivity contribution in [3.63, 3.8) is 0 Å². The van der Waals surface area contributed by atoms with E-state index in [9.17, 15) is 0 Å². The summed E-state index contributed by atoms with van der Waals surface area (Å²) in [6, 6.07) is 81.5. The summed E-state index contributed by atoms with van der Waals surface area (Å²) >= 11 is 1.73. The van der Waals surface area contributed by atoms with E-state index < -0.39 is 6.85 Å². The van der Waals surface area contributed by atoms with Gasteiger partial charge in [-0.25, -0.2) is 43.2 Å². The lowest BCUT2D eigenvalue weighted by atomic mass is 9.95. The van der Waals surface area contributed by atoms with Crippen molar-refractivity contribution in [1.82, 2.24) is 24.9 Å². The van der Waals surface area contributed by atoms with E-state index in [2.05, 4.69) is 297 Å². The number of fused-ring (bicyclic) bond motifs is 25. The zero-order chi connectivity index (χ0) is 91.7. The molecule has 0 amide bonds. The van der Waals surface area contributed by atoms with Crippen LogP contribution >= 0.6 is 11.3 Å². The molecule has 25 rings (SSSR count). The molecule has 0 aliphatic carbocycles. The molecule has 15 aromatic heterocycles. The molecule has 0 bridgehead atoms. The Labute approximate surface area is 758 Å². The predicted octanol–water partition coefficient (Wildman–Crippen LogP) is 26.5. The quantitative estimate of drug-likeness (QED) is 0.147. The highest BCUT2D eigenvalue weighted by Gasteiger charge is 2.30. The Morgan fingerprint density at radius 1 is 0.292 bits per heavy atom. The molecule has 632 valence electrons. The Balaban J connectivity index is 0.000000100. The van der Waals surface area contributed by atoms with Crippen LogP contribution in [-0.2, 0) is 41.7 Å². The normalized spacial score (nSPS) is 12.1. The summed E-state index contributed by atoms with van der Waals surface area (Å²) in [6.45, 7) is 16.5. The van der Waals surface area contributed by atoms with Crippen LogP contribution in [0.25, 0.3) is 220 Å². The van der Waals surface area contributed by atoms with Crippen LogP contribution in [0.2, 0.25) is 0 Å². The molecule has 0 saturated carbocycles. The number of furan rings is 5. The van der Waals surface area contributed by atoms with Crippen molar-refractivity contribution in [1.29, 1.82) is 0 Å². The van der Waals surface area contributed by atoms with Crippen LogP contribution in [-0.4, -0.2) is 24.9 Å². The van der Waals surface area contributed by atoms with Crippen molar-refractivity contribution < 1.29 is 49.0 Å². The largest absolute Gasteiger partial charge is 0.437 e. The fourth-order valence-electron chi connectivity index (χ4n) is 19.1. The van der Waals surface area contributed by atoms with Crippen LogP contribution in [0.3, 0.4) is 0 Å². The van der Waals surface area contributed by atoms with Crippen molar-refractivity contribution in [2.45, 2.75) is 75.6 Å². The van der Waals surface area contributed by atoms with Crippen molar-refractivity contribution in [2.75, 3.05) is 0 Å². The van der Waals surface area contributed by atoms with Crippen molar-refractivity contribution in [3.05, 3.63) is 347 Å². The minimum Gasteiger partial charge on any atom is -0.437 e. The van der Waals surface area contributed by atoms with Gasteiger partial charge in [0.25, 0.3) is 5.01 Å². The van der Waals surface area contributed by atoms with Crippen LogP contribution in [0.4, 0.5) is 0 Å². The summed E-state index contributed by atoms with van der Waals surface area (Å²) in [6.07, 6.45) is 17.0. The molecular formula is C114H95N10O5S+5. The first-order valence-electron chi connectivity index (χ1n) is 45.3. The van der Waals surface area contributed by atoms with E-state index in [0.29, 0.717) is 45.1 Å². The molecule has 10 aromatic carbocycles. The van der Waals surface area contributed by atoms with Gasteiger partial charge in [-0.3, -0.25) is 0 Å². The summed E-state index contributed by atoms with van der Waals surface area (Å²) in [4.78, 5) is 23.2. The van der Waals surface area contributed by atoms with Crippen LogP contribution in [0.1, 0.15) is 66.9 Å². The molecule has 0 N–H and O–H groups in total. The highest BCUT2D eigenvalue weighted by atomic mass is 32.1. The fourth-order valence-corrected chi connectivity index (χ4v) is 20.1. The van der Waals surface area contributed by atoms with Gasteiger partial charge in [0.05, 0.1) is 54.6 Å². The number of aromatic nitrogens is 10. The van der Waals surface area contributed by atoms with Gasteiger partial charge in [-0.1, -0.05) is 194 Å².